The van der Waals surface area contributed by atoms with Crippen molar-refractivity contribution in [3.63, 3.8) is 0 Å². The zero-order chi connectivity index (χ0) is 11.7. The van der Waals surface area contributed by atoms with Gasteiger partial charge in [-0.3, -0.25) is 0 Å². The minimum Gasteiger partial charge on any atom is -0.387 e. The van der Waals surface area contributed by atoms with Gasteiger partial charge in [0, 0.05) is 6.54 Å². The van der Waals surface area contributed by atoms with Gasteiger partial charge in [-0.1, -0.05) is 0 Å². The first kappa shape index (κ1) is 12.2. The van der Waals surface area contributed by atoms with E-state index in [-0.39, 0.29) is 6.54 Å². The lowest BCUT2D eigenvalue weighted by Gasteiger charge is -2.21. The summed E-state index contributed by atoms with van der Waals surface area (Å²) in [7, 11) is 0. The van der Waals surface area contributed by atoms with Crippen molar-refractivity contribution in [2.45, 2.75) is 40.7 Å². The van der Waals surface area contributed by atoms with Gasteiger partial charge in [-0.05, 0) is 68.0 Å². The molecule has 1 aromatic rings. The summed E-state index contributed by atoms with van der Waals surface area (Å²) in [4.78, 5) is 0. The Balaban J connectivity index is 3.52. The van der Waals surface area contributed by atoms with Crippen molar-refractivity contribution in [1.29, 1.82) is 0 Å². The second-order valence-electron chi connectivity index (χ2n) is 4.29. The van der Waals surface area contributed by atoms with Crippen molar-refractivity contribution in [1.82, 2.24) is 0 Å². The molecule has 1 rings (SSSR count). The normalized spacial score (nSPS) is 13.0. The molecule has 0 spiro atoms. The molecule has 0 amide bonds. The molecule has 1 aromatic carbocycles. The molecule has 0 saturated heterocycles. The van der Waals surface area contributed by atoms with Crippen LogP contribution in [0.4, 0.5) is 0 Å². The number of benzene rings is 1. The number of rotatable bonds is 2. The van der Waals surface area contributed by atoms with Crippen LogP contribution in [-0.4, -0.2) is 11.7 Å². The van der Waals surface area contributed by atoms with E-state index in [9.17, 15) is 5.11 Å². The fourth-order valence-electron chi connectivity index (χ4n) is 2.15. The first-order chi connectivity index (χ1) is 6.91. The number of nitrogens with two attached hydrogens (primary N) is 1. The molecular weight excluding hydrogens is 186 g/mol. The number of aliphatic hydroxyl groups excluding tert-OH is 1. The summed E-state index contributed by atoms with van der Waals surface area (Å²) < 4.78 is 0. The highest BCUT2D eigenvalue weighted by atomic mass is 16.3. The molecule has 0 heterocycles. The third-order valence-electron chi connectivity index (χ3n) is 3.61. The van der Waals surface area contributed by atoms with Crippen LogP contribution in [0.1, 0.15) is 39.5 Å². The number of aliphatic hydroxyl groups is 1. The van der Waals surface area contributed by atoms with Crippen LogP contribution in [0.15, 0.2) is 0 Å². The van der Waals surface area contributed by atoms with Crippen molar-refractivity contribution < 1.29 is 5.11 Å². The van der Waals surface area contributed by atoms with E-state index in [0.29, 0.717) is 0 Å². The van der Waals surface area contributed by atoms with Crippen LogP contribution in [0.25, 0.3) is 0 Å². The summed E-state index contributed by atoms with van der Waals surface area (Å²) in [6.07, 6.45) is -0.539. The number of hydrogen-bond donors (Lipinski definition) is 2. The van der Waals surface area contributed by atoms with Crippen LogP contribution in [0.3, 0.4) is 0 Å². The minimum absolute atomic E-state index is 0.281. The molecular formula is C13H21NO. The summed E-state index contributed by atoms with van der Waals surface area (Å²) >= 11 is 0. The van der Waals surface area contributed by atoms with Gasteiger partial charge >= 0.3 is 0 Å². The van der Waals surface area contributed by atoms with Gasteiger partial charge in [-0.25, -0.2) is 0 Å². The first-order valence-electron chi connectivity index (χ1n) is 5.36. The molecule has 1 atom stereocenters. The largest absolute Gasteiger partial charge is 0.387 e. The molecule has 0 aliphatic carbocycles. The zero-order valence-corrected chi connectivity index (χ0v) is 10.3. The average molecular weight is 207 g/mol. The maximum Gasteiger partial charge on any atom is 0.0917 e. The molecule has 0 aliphatic rings. The van der Waals surface area contributed by atoms with Crippen LogP contribution in [0.5, 0.6) is 0 Å². The molecule has 0 aromatic heterocycles. The van der Waals surface area contributed by atoms with Crippen molar-refractivity contribution in [2.24, 2.45) is 5.73 Å². The quantitative estimate of drug-likeness (QED) is 0.781. The van der Waals surface area contributed by atoms with Gasteiger partial charge < -0.3 is 10.8 Å². The Morgan fingerprint density at radius 2 is 1.20 bits per heavy atom. The summed E-state index contributed by atoms with van der Waals surface area (Å²) in [5, 5.41) is 9.91. The van der Waals surface area contributed by atoms with Gasteiger partial charge in [0.15, 0.2) is 0 Å². The molecule has 0 aliphatic heterocycles. The highest BCUT2D eigenvalue weighted by molar-refractivity contribution is 5.50. The molecule has 2 heteroatoms. The standard InChI is InChI=1S/C13H21NO/c1-7-8(2)10(4)13(12(15)6-14)11(5)9(7)3/h12,15H,6,14H2,1-5H3/t12-/m1/s1. The van der Waals surface area contributed by atoms with Crippen LogP contribution in [-0.2, 0) is 0 Å². The second-order valence-corrected chi connectivity index (χ2v) is 4.29. The predicted molar refractivity (Wildman–Crippen MR) is 64.1 cm³/mol. The van der Waals surface area contributed by atoms with E-state index in [1.54, 1.807) is 0 Å². The van der Waals surface area contributed by atoms with Gasteiger partial charge in [0.25, 0.3) is 0 Å². The fourth-order valence-corrected chi connectivity index (χ4v) is 2.15. The Morgan fingerprint density at radius 3 is 1.53 bits per heavy atom. The molecule has 0 bridgehead atoms. The second kappa shape index (κ2) is 4.33. The fraction of sp³-hybridized carbons (Fsp3) is 0.538. The monoisotopic (exact) mass is 207 g/mol. The Hall–Kier alpha value is -0.860. The molecule has 0 radical (unpaired) electrons. The van der Waals surface area contributed by atoms with Gasteiger partial charge in [0.05, 0.1) is 6.10 Å². The summed E-state index contributed by atoms with van der Waals surface area (Å²) in [6.45, 7) is 10.7. The Bertz CT molecular complexity index is 354. The third kappa shape index (κ3) is 1.92. The summed E-state index contributed by atoms with van der Waals surface area (Å²) in [5.41, 5.74) is 12.7. The Labute approximate surface area is 92.1 Å². The Kier molecular flexibility index (Phi) is 3.53. The maximum absolute atomic E-state index is 9.91. The lowest BCUT2D eigenvalue weighted by Crippen LogP contribution is -2.16. The lowest BCUT2D eigenvalue weighted by atomic mass is 9.87. The van der Waals surface area contributed by atoms with E-state index >= 15 is 0 Å². The first-order valence-corrected chi connectivity index (χ1v) is 5.36. The van der Waals surface area contributed by atoms with Crippen molar-refractivity contribution >= 4 is 0 Å². The zero-order valence-electron chi connectivity index (χ0n) is 10.3. The van der Waals surface area contributed by atoms with E-state index in [0.717, 1.165) is 5.56 Å². The van der Waals surface area contributed by atoms with Gasteiger partial charge in [-0.15, -0.1) is 0 Å². The highest BCUT2D eigenvalue weighted by Crippen LogP contribution is 2.29. The third-order valence-corrected chi connectivity index (χ3v) is 3.61. The topological polar surface area (TPSA) is 46.2 Å². The molecule has 15 heavy (non-hydrogen) atoms. The van der Waals surface area contributed by atoms with Crippen LogP contribution >= 0.6 is 0 Å². The van der Waals surface area contributed by atoms with E-state index in [1.807, 2.05) is 0 Å². The van der Waals surface area contributed by atoms with Crippen molar-refractivity contribution in [3.05, 3.63) is 33.4 Å². The van der Waals surface area contributed by atoms with Crippen LogP contribution in [0, 0.1) is 34.6 Å². The van der Waals surface area contributed by atoms with Gasteiger partial charge in [-0.2, -0.15) is 0 Å². The smallest absolute Gasteiger partial charge is 0.0917 e. The van der Waals surface area contributed by atoms with E-state index in [1.165, 1.54) is 27.8 Å². The molecule has 3 N–H and O–H groups in total. The lowest BCUT2D eigenvalue weighted by molar-refractivity contribution is 0.185. The predicted octanol–water partition coefficient (Wildman–Crippen LogP) is 2.22. The van der Waals surface area contributed by atoms with E-state index in [4.69, 9.17) is 5.73 Å². The average Bonchev–Trinajstić information content (AvgIpc) is 2.23. The minimum atomic E-state index is -0.539. The van der Waals surface area contributed by atoms with Gasteiger partial charge in [0.1, 0.15) is 0 Å². The summed E-state index contributed by atoms with van der Waals surface area (Å²) in [5.74, 6) is 0. The molecule has 0 unspecified atom stereocenters. The van der Waals surface area contributed by atoms with E-state index in [2.05, 4.69) is 34.6 Å². The SMILES string of the molecule is Cc1c(C)c(C)c([C@H](O)CN)c(C)c1C. The van der Waals surface area contributed by atoms with Crippen molar-refractivity contribution in [2.75, 3.05) is 6.54 Å². The van der Waals surface area contributed by atoms with Crippen LogP contribution in [0.2, 0.25) is 0 Å². The highest BCUT2D eigenvalue weighted by Gasteiger charge is 2.17. The Morgan fingerprint density at radius 1 is 0.867 bits per heavy atom. The maximum atomic E-state index is 9.91. The van der Waals surface area contributed by atoms with Crippen LogP contribution < -0.4 is 5.73 Å². The van der Waals surface area contributed by atoms with Gasteiger partial charge in [0.2, 0.25) is 0 Å². The molecule has 0 fully saturated rings. The van der Waals surface area contributed by atoms with Crippen molar-refractivity contribution in [3.8, 4) is 0 Å². The molecule has 84 valence electrons. The summed E-state index contributed by atoms with van der Waals surface area (Å²) in [6, 6.07) is 0. The van der Waals surface area contributed by atoms with E-state index < -0.39 is 6.10 Å². The molecule has 2 nitrogen and oxygen atoms in total. The number of hydrogen-bond acceptors (Lipinski definition) is 2. The molecule has 0 saturated carbocycles.